The molecule has 0 unspecified atom stereocenters. The summed E-state index contributed by atoms with van der Waals surface area (Å²) < 4.78 is 0. The van der Waals surface area contributed by atoms with E-state index in [0.29, 0.717) is 16.7 Å². The van der Waals surface area contributed by atoms with Gasteiger partial charge in [0.25, 0.3) is 0 Å². The first-order chi connectivity index (χ1) is 8.27. The minimum atomic E-state index is -0.127. The average Bonchev–Trinajstić information content (AvgIpc) is 2.94. The minimum absolute atomic E-state index is 0.127. The van der Waals surface area contributed by atoms with Gasteiger partial charge in [0.2, 0.25) is 0 Å². The molecule has 0 aromatic heterocycles. The summed E-state index contributed by atoms with van der Waals surface area (Å²) >= 11 is 0. The lowest BCUT2D eigenvalue weighted by atomic mass is 10.1. The number of carbonyl (C=O) groups excluding carboxylic acids is 2. The monoisotopic (exact) mass is 227 g/mol. The quantitative estimate of drug-likeness (QED) is 0.544. The van der Waals surface area contributed by atoms with Crippen LogP contribution in [0.1, 0.15) is 33.6 Å². The maximum Gasteiger partial charge on any atom is 0.199 e. The van der Waals surface area contributed by atoms with E-state index in [2.05, 4.69) is 4.90 Å². The molecule has 0 bridgehead atoms. The van der Waals surface area contributed by atoms with E-state index in [1.807, 2.05) is 0 Å². The van der Waals surface area contributed by atoms with Gasteiger partial charge in [0.05, 0.1) is 5.57 Å². The van der Waals surface area contributed by atoms with Crippen molar-refractivity contribution in [2.45, 2.75) is 12.8 Å². The Morgan fingerprint density at radius 2 is 1.47 bits per heavy atom. The largest absolute Gasteiger partial charge is 0.377 e. The van der Waals surface area contributed by atoms with E-state index in [-0.39, 0.29) is 11.6 Å². The predicted octanol–water partition coefficient (Wildman–Crippen LogP) is 2.05. The van der Waals surface area contributed by atoms with Crippen molar-refractivity contribution in [2.75, 3.05) is 13.1 Å². The lowest BCUT2D eigenvalue weighted by Gasteiger charge is -2.11. The summed E-state index contributed by atoms with van der Waals surface area (Å²) in [5.74, 6) is -0.255. The van der Waals surface area contributed by atoms with Gasteiger partial charge >= 0.3 is 0 Å². The third-order valence-electron chi connectivity index (χ3n) is 3.36. The van der Waals surface area contributed by atoms with Crippen LogP contribution in [0.5, 0.6) is 0 Å². The Kier molecular flexibility index (Phi) is 2.32. The van der Waals surface area contributed by atoms with Crippen molar-refractivity contribution in [2.24, 2.45) is 0 Å². The Bertz CT molecular complexity index is 488. The van der Waals surface area contributed by atoms with Crippen LogP contribution >= 0.6 is 0 Å². The average molecular weight is 227 g/mol. The fourth-order valence-electron chi connectivity index (χ4n) is 2.44. The second-order valence-corrected chi connectivity index (χ2v) is 4.49. The molecule has 0 atom stereocenters. The van der Waals surface area contributed by atoms with E-state index >= 15 is 0 Å². The zero-order valence-electron chi connectivity index (χ0n) is 9.48. The van der Waals surface area contributed by atoms with Gasteiger partial charge in [0.1, 0.15) is 0 Å². The molecule has 0 spiro atoms. The first-order valence-corrected chi connectivity index (χ1v) is 5.91. The summed E-state index contributed by atoms with van der Waals surface area (Å²) in [7, 11) is 0. The van der Waals surface area contributed by atoms with Crippen LogP contribution in [0.15, 0.2) is 36.0 Å². The Hall–Kier alpha value is -1.90. The summed E-state index contributed by atoms with van der Waals surface area (Å²) in [6.45, 7) is 1.89. The lowest BCUT2D eigenvalue weighted by Crippen LogP contribution is -2.15. The molecular formula is C14H13NO2. The van der Waals surface area contributed by atoms with Gasteiger partial charge in [-0.1, -0.05) is 24.3 Å². The topological polar surface area (TPSA) is 37.4 Å². The molecule has 1 saturated heterocycles. The van der Waals surface area contributed by atoms with Crippen LogP contribution in [0, 0.1) is 0 Å². The number of fused-ring (bicyclic) bond motifs is 1. The molecule has 2 aliphatic rings. The number of nitrogens with zero attached hydrogens (tertiary/aromatic N) is 1. The smallest absolute Gasteiger partial charge is 0.199 e. The van der Waals surface area contributed by atoms with Crippen molar-refractivity contribution >= 4 is 11.6 Å². The molecule has 0 radical (unpaired) electrons. The molecule has 1 aromatic rings. The highest BCUT2D eigenvalue weighted by molar-refractivity contribution is 6.39. The van der Waals surface area contributed by atoms with Crippen molar-refractivity contribution in [1.82, 2.24) is 4.90 Å². The van der Waals surface area contributed by atoms with E-state index in [1.165, 1.54) is 0 Å². The van der Waals surface area contributed by atoms with Crippen LogP contribution in [-0.4, -0.2) is 29.6 Å². The van der Waals surface area contributed by atoms with Crippen LogP contribution in [0.3, 0.4) is 0 Å². The van der Waals surface area contributed by atoms with Crippen LogP contribution in [0.2, 0.25) is 0 Å². The van der Waals surface area contributed by atoms with Crippen molar-refractivity contribution in [1.29, 1.82) is 0 Å². The summed E-state index contributed by atoms with van der Waals surface area (Å²) in [4.78, 5) is 26.2. The fourth-order valence-corrected chi connectivity index (χ4v) is 2.44. The van der Waals surface area contributed by atoms with Gasteiger partial charge < -0.3 is 4.90 Å². The number of allylic oxidation sites excluding steroid dienone is 1. The minimum Gasteiger partial charge on any atom is -0.377 e. The molecule has 1 aromatic carbocycles. The Morgan fingerprint density at radius 3 is 2.00 bits per heavy atom. The van der Waals surface area contributed by atoms with Gasteiger partial charge in [0, 0.05) is 30.4 Å². The number of carbonyl (C=O) groups is 2. The Morgan fingerprint density at radius 1 is 0.941 bits per heavy atom. The molecule has 1 aliphatic carbocycles. The van der Waals surface area contributed by atoms with Gasteiger partial charge in [0.15, 0.2) is 11.6 Å². The second-order valence-electron chi connectivity index (χ2n) is 4.49. The Labute approximate surface area is 99.7 Å². The number of benzene rings is 1. The van der Waals surface area contributed by atoms with E-state index in [0.717, 1.165) is 25.9 Å². The van der Waals surface area contributed by atoms with E-state index in [4.69, 9.17) is 0 Å². The molecule has 1 aliphatic heterocycles. The molecule has 1 fully saturated rings. The number of hydrogen-bond acceptors (Lipinski definition) is 3. The van der Waals surface area contributed by atoms with E-state index in [9.17, 15) is 9.59 Å². The molecule has 0 N–H and O–H groups in total. The Balaban J connectivity index is 2.00. The van der Waals surface area contributed by atoms with Gasteiger partial charge in [-0.2, -0.15) is 0 Å². The summed E-state index contributed by atoms with van der Waals surface area (Å²) in [5.41, 5.74) is 1.42. The zero-order valence-corrected chi connectivity index (χ0v) is 9.48. The lowest BCUT2D eigenvalue weighted by molar-refractivity contribution is 0.0985. The zero-order chi connectivity index (χ0) is 11.8. The highest BCUT2D eigenvalue weighted by Crippen LogP contribution is 2.26. The van der Waals surface area contributed by atoms with Crippen molar-refractivity contribution in [3.63, 3.8) is 0 Å². The summed E-state index contributed by atoms with van der Waals surface area (Å²) in [5, 5.41) is 0. The normalized spacial score (nSPS) is 18.8. The third-order valence-corrected chi connectivity index (χ3v) is 3.36. The number of likely N-dealkylation sites (tertiary alicyclic amines) is 1. The predicted molar refractivity (Wildman–Crippen MR) is 64.0 cm³/mol. The maximum absolute atomic E-state index is 12.1. The molecule has 0 saturated carbocycles. The molecule has 3 heteroatoms. The molecule has 1 heterocycles. The standard InChI is InChI=1S/C14H13NO2/c16-13-10-5-1-2-6-11(10)14(17)12(13)9-15-7-3-4-8-15/h1-2,5-6,9H,3-4,7-8H2. The van der Waals surface area contributed by atoms with E-state index in [1.54, 1.807) is 30.5 Å². The van der Waals surface area contributed by atoms with Crippen LogP contribution < -0.4 is 0 Å². The number of hydrogen-bond donors (Lipinski definition) is 0. The fraction of sp³-hybridized carbons (Fsp3) is 0.286. The van der Waals surface area contributed by atoms with Gasteiger partial charge in [-0.3, -0.25) is 9.59 Å². The van der Waals surface area contributed by atoms with Gasteiger partial charge in [-0.25, -0.2) is 0 Å². The highest BCUT2D eigenvalue weighted by atomic mass is 16.2. The molecular weight excluding hydrogens is 214 g/mol. The van der Waals surface area contributed by atoms with Crippen LogP contribution in [0.25, 0.3) is 0 Å². The molecule has 3 nitrogen and oxygen atoms in total. The maximum atomic E-state index is 12.1. The first-order valence-electron chi connectivity index (χ1n) is 5.91. The third kappa shape index (κ3) is 1.58. The number of rotatable bonds is 1. The summed E-state index contributed by atoms with van der Waals surface area (Å²) in [6, 6.07) is 7.03. The van der Waals surface area contributed by atoms with Crippen molar-refractivity contribution in [3.8, 4) is 0 Å². The number of Topliss-reactive ketones (excluding diaryl/α,β-unsaturated/α-hetero) is 2. The molecule has 17 heavy (non-hydrogen) atoms. The van der Waals surface area contributed by atoms with Crippen molar-refractivity contribution < 1.29 is 9.59 Å². The molecule has 0 amide bonds. The molecule has 3 rings (SSSR count). The van der Waals surface area contributed by atoms with Gasteiger partial charge in [-0.05, 0) is 12.8 Å². The van der Waals surface area contributed by atoms with Crippen LogP contribution in [-0.2, 0) is 0 Å². The second kappa shape index (κ2) is 3.84. The highest BCUT2D eigenvalue weighted by Gasteiger charge is 2.33. The van der Waals surface area contributed by atoms with Crippen molar-refractivity contribution in [3.05, 3.63) is 47.2 Å². The first kappa shape index (κ1) is 10.3. The number of ketones is 2. The van der Waals surface area contributed by atoms with Crippen LogP contribution in [0.4, 0.5) is 0 Å². The molecule has 86 valence electrons. The summed E-state index contributed by atoms with van der Waals surface area (Å²) in [6.07, 6.45) is 4.02. The SMILES string of the molecule is O=C1C(=CN2CCCC2)C(=O)c2ccccc21. The van der Waals surface area contributed by atoms with E-state index < -0.39 is 0 Å². The van der Waals surface area contributed by atoms with Gasteiger partial charge in [-0.15, -0.1) is 0 Å².